The lowest BCUT2D eigenvalue weighted by molar-refractivity contribution is -0.155. The topological polar surface area (TPSA) is 76.1 Å². The number of phenolic OH excluding ortho intramolecular Hbond substituents is 1. The molecule has 0 aliphatic rings. The van der Waals surface area contributed by atoms with Crippen molar-refractivity contribution in [3.8, 4) is 11.5 Å². The van der Waals surface area contributed by atoms with Gasteiger partial charge in [-0.2, -0.15) is 0 Å². The van der Waals surface area contributed by atoms with Crippen LogP contribution in [0.25, 0.3) is 6.08 Å². The summed E-state index contributed by atoms with van der Waals surface area (Å²) in [5.74, 6) is -0.677. The number of rotatable bonds is 6. The summed E-state index contributed by atoms with van der Waals surface area (Å²) in [6.07, 6.45) is 1.73. The Kier molecular flexibility index (Phi) is 6.38. The molecule has 0 fully saturated rings. The van der Waals surface area contributed by atoms with E-state index in [0.29, 0.717) is 16.9 Å². The van der Waals surface area contributed by atoms with E-state index in [9.17, 15) is 14.7 Å². The van der Waals surface area contributed by atoms with Gasteiger partial charge in [-0.25, -0.2) is 4.79 Å². The molecule has 1 atom stereocenters. The number of carbonyl (C=O) groups excluding carboxylic acids is 2. The molecule has 2 aromatic rings. The number of likely N-dealkylation sites (N-methyl/N-ethyl adjacent to an activating group) is 1. The van der Waals surface area contributed by atoms with Gasteiger partial charge < -0.3 is 19.5 Å². The Morgan fingerprint density at radius 2 is 1.81 bits per heavy atom. The van der Waals surface area contributed by atoms with E-state index in [2.05, 4.69) is 0 Å². The van der Waals surface area contributed by atoms with E-state index in [4.69, 9.17) is 9.47 Å². The molecule has 0 saturated heterocycles. The first kappa shape index (κ1) is 19.1. The van der Waals surface area contributed by atoms with Crippen LogP contribution in [-0.2, 0) is 14.3 Å². The Balaban J connectivity index is 2.15. The van der Waals surface area contributed by atoms with Gasteiger partial charge in [-0.15, -0.1) is 0 Å². The summed E-state index contributed by atoms with van der Waals surface area (Å²) in [6.45, 7) is 0. The first-order chi connectivity index (χ1) is 12.4. The highest BCUT2D eigenvalue weighted by atomic mass is 16.5. The third-order valence-electron chi connectivity index (χ3n) is 3.62. The largest absolute Gasteiger partial charge is 0.504 e. The van der Waals surface area contributed by atoms with Gasteiger partial charge in [-0.3, -0.25) is 4.79 Å². The van der Waals surface area contributed by atoms with Crippen LogP contribution < -0.4 is 4.74 Å². The molecule has 2 rings (SSSR count). The van der Waals surface area contributed by atoms with Gasteiger partial charge in [0.25, 0.3) is 5.91 Å². The maximum Gasteiger partial charge on any atom is 0.331 e. The number of hydrogen-bond acceptors (Lipinski definition) is 5. The van der Waals surface area contributed by atoms with Gasteiger partial charge in [0, 0.05) is 25.7 Å². The molecule has 0 aliphatic carbocycles. The number of hydrogen-bond donors (Lipinski definition) is 1. The maximum absolute atomic E-state index is 12.4. The van der Waals surface area contributed by atoms with Gasteiger partial charge in [0.2, 0.25) is 6.10 Å². The number of benzene rings is 2. The van der Waals surface area contributed by atoms with Gasteiger partial charge in [0.15, 0.2) is 11.5 Å². The lowest BCUT2D eigenvalue weighted by Gasteiger charge is -2.20. The first-order valence-corrected chi connectivity index (χ1v) is 7.94. The number of nitrogens with zero attached hydrogens (tertiary/aromatic N) is 1. The zero-order valence-corrected chi connectivity index (χ0v) is 14.9. The number of esters is 1. The Hall–Kier alpha value is -3.28. The van der Waals surface area contributed by atoms with Gasteiger partial charge in [-0.05, 0) is 23.8 Å². The molecule has 2 aromatic carbocycles. The van der Waals surface area contributed by atoms with Crippen LogP contribution in [0.4, 0.5) is 0 Å². The fourth-order valence-electron chi connectivity index (χ4n) is 2.24. The van der Waals surface area contributed by atoms with Crippen molar-refractivity contribution >= 4 is 18.0 Å². The van der Waals surface area contributed by atoms with Gasteiger partial charge in [0.1, 0.15) is 0 Å². The third-order valence-corrected chi connectivity index (χ3v) is 3.62. The van der Waals surface area contributed by atoms with E-state index in [-0.39, 0.29) is 11.7 Å². The minimum Gasteiger partial charge on any atom is -0.504 e. The molecule has 0 saturated carbocycles. The summed E-state index contributed by atoms with van der Waals surface area (Å²) in [5, 5.41) is 9.59. The molecule has 0 radical (unpaired) electrons. The Labute approximate surface area is 152 Å². The quantitative estimate of drug-likeness (QED) is 0.637. The van der Waals surface area contributed by atoms with E-state index in [1.54, 1.807) is 50.5 Å². The molecule has 0 aromatic heterocycles. The molecule has 0 heterocycles. The SMILES string of the molecule is COc1cc(/C=C/C(=O)O[C@@H](C(=O)N(C)C)c2ccccc2)ccc1O. The van der Waals surface area contributed by atoms with Crippen LogP contribution in [0.3, 0.4) is 0 Å². The minimum absolute atomic E-state index is 0.00736. The lowest BCUT2D eigenvalue weighted by atomic mass is 10.1. The van der Waals surface area contributed by atoms with E-state index >= 15 is 0 Å². The zero-order valence-electron chi connectivity index (χ0n) is 14.9. The minimum atomic E-state index is -1.02. The van der Waals surface area contributed by atoms with Crippen LogP contribution >= 0.6 is 0 Å². The smallest absolute Gasteiger partial charge is 0.331 e. The number of ether oxygens (including phenoxy) is 2. The van der Waals surface area contributed by atoms with Gasteiger partial charge in [0.05, 0.1) is 7.11 Å². The summed E-state index contributed by atoms with van der Waals surface area (Å²) in [4.78, 5) is 25.9. The van der Waals surface area contributed by atoms with Crippen molar-refractivity contribution in [2.45, 2.75) is 6.10 Å². The molecular formula is C20H21NO5. The molecule has 1 amide bonds. The van der Waals surface area contributed by atoms with Crippen molar-refractivity contribution < 1.29 is 24.2 Å². The van der Waals surface area contributed by atoms with Gasteiger partial charge in [-0.1, -0.05) is 36.4 Å². The summed E-state index contributed by atoms with van der Waals surface area (Å²) < 4.78 is 10.4. The zero-order chi connectivity index (χ0) is 19.1. The van der Waals surface area contributed by atoms with Crippen molar-refractivity contribution in [1.29, 1.82) is 0 Å². The molecule has 0 bridgehead atoms. The van der Waals surface area contributed by atoms with Crippen LogP contribution in [0, 0.1) is 0 Å². The van der Waals surface area contributed by atoms with Crippen LogP contribution in [0.2, 0.25) is 0 Å². The fourth-order valence-corrected chi connectivity index (χ4v) is 2.24. The number of methoxy groups -OCH3 is 1. The molecule has 0 unspecified atom stereocenters. The Morgan fingerprint density at radius 3 is 2.42 bits per heavy atom. The second kappa shape index (κ2) is 8.71. The summed E-state index contributed by atoms with van der Waals surface area (Å²) in [6, 6.07) is 13.5. The number of amides is 1. The van der Waals surface area contributed by atoms with Crippen LogP contribution in [0.5, 0.6) is 11.5 Å². The Morgan fingerprint density at radius 1 is 1.12 bits per heavy atom. The average molecular weight is 355 g/mol. The van der Waals surface area contributed by atoms with Gasteiger partial charge >= 0.3 is 5.97 Å². The van der Waals surface area contributed by atoms with E-state index in [0.717, 1.165) is 0 Å². The number of aromatic hydroxyl groups is 1. The second-order valence-corrected chi connectivity index (χ2v) is 5.72. The van der Waals surface area contributed by atoms with E-state index in [1.165, 1.54) is 30.2 Å². The first-order valence-electron chi connectivity index (χ1n) is 7.94. The Bertz CT molecular complexity index is 799. The third kappa shape index (κ3) is 4.86. The fraction of sp³-hybridized carbons (Fsp3) is 0.200. The molecule has 136 valence electrons. The van der Waals surface area contributed by atoms with E-state index in [1.807, 2.05) is 6.07 Å². The molecule has 26 heavy (non-hydrogen) atoms. The molecule has 0 spiro atoms. The highest BCUT2D eigenvalue weighted by molar-refractivity contribution is 5.91. The van der Waals surface area contributed by atoms with Crippen LogP contribution in [-0.4, -0.2) is 43.1 Å². The van der Waals surface area contributed by atoms with E-state index < -0.39 is 12.1 Å². The molecule has 1 N–H and O–H groups in total. The molecular weight excluding hydrogens is 334 g/mol. The summed E-state index contributed by atoms with van der Waals surface area (Å²) in [5.41, 5.74) is 1.24. The molecule has 0 aliphatic heterocycles. The monoisotopic (exact) mass is 355 g/mol. The average Bonchev–Trinajstić information content (AvgIpc) is 2.65. The molecule has 6 nitrogen and oxygen atoms in total. The van der Waals surface area contributed by atoms with Crippen molar-refractivity contribution in [1.82, 2.24) is 4.90 Å². The second-order valence-electron chi connectivity index (χ2n) is 5.72. The number of phenols is 1. The normalized spacial score (nSPS) is 11.8. The van der Waals surface area contributed by atoms with Crippen molar-refractivity contribution in [3.05, 3.63) is 65.7 Å². The lowest BCUT2D eigenvalue weighted by Crippen LogP contribution is -2.30. The summed E-state index contributed by atoms with van der Waals surface area (Å²) >= 11 is 0. The maximum atomic E-state index is 12.4. The van der Waals surface area contributed by atoms with Crippen LogP contribution in [0.15, 0.2) is 54.6 Å². The standard InChI is InChI=1S/C20H21NO5/c1-21(2)20(24)19(15-7-5-4-6-8-15)26-18(23)12-10-14-9-11-16(22)17(13-14)25-3/h4-13,19,22H,1-3H3/b12-10+/t19-/m1/s1. The van der Waals surface area contributed by atoms with Crippen LogP contribution in [0.1, 0.15) is 17.2 Å². The predicted molar refractivity (Wildman–Crippen MR) is 97.7 cm³/mol. The van der Waals surface area contributed by atoms with Crippen molar-refractivity contribution in [2.75, 3.05) is 21.2 Å². The highest BCUT2D eigenvalue weighted by Gasteiger charge is 2.25. The van der Waals surface area contributed by atoms with Crippen molar-refractivity contribution in [3.63, 3.8) is 0 Å². The highest BCUT2D eigenvalue weighted by Crippen LogP contribution is 2.27. The van der Waals surface area contributed by atoms with Crippen molar-refractivity contribution in [2.24, 2.45) is 0 Å². The molecule has 6 heteroatoms. The summed E-state index contributed by atoms with van der Waals surface area (Å²) in [7, 11) is 4.64. The number of carbonyl (C=O) groups is 2. The predicted octanol–water partition coefficient (Wildman–Crippen LogP) is 2.79.